The predicted octanol–water partition coefficient (Wildman–Crippen LogP) is 4.35. The lowest BCUT2D eigenvalue weighted by Crippen LogP contribution is -2.72. The van der Waals surface area contributed by atoms with Gasteiger partial charge in [-0.3, -0.25) is 9.78 Å². The summed E-state index contributed by atoms with van der Waals surface area (Å²) in [5.41, 5.74) is -5.00. The molecule has 2 heterocycles. The van der Waals surface area contributed by atoms with E-state index in [1.165, 1.54) is 35.8 Å². The van der Waals surface area contributed by atoms with E-state index in [4.69, 9.17) is 0 Å². The van der Waals surface area contributed by atoms with Gasteiger partial charge in [-0.1, -0.05) is 23.5 Å². The predicted molar refractivity (Wildman–Crippen MR) is 89.8 cm³/mol. The van der Waals surface area contributed by atoms with E-state index in [0.717, 1.165) is 17.6 Å². The second-order valence-electron chi connectivity index (χ2n) is 5.55. The molecule has 2 N–H and O–H groups in total. The fraction of sp³-hybridized carbons (Fsp3) is 0.188. The summed E-state index contributed by atoms with van der Waals surface area (Å²) in [5, 5.41) is 1.76. The topological polar surface area (TPSA) is 66.9 Å². The van der Waals surface area contributed by atoms with Crippen molar-refractivity contribution in [3.63, 3.8) is 0 Å². The summed E-state index contributed by atoms with van der Waals surface area (Å²) in [7, 11) is 0. The van der Waals surface area contributed by atoms with E-state index in [2.05, 4.69) is 9.97 Å². The first-order valence-corrected chi connectivity index (χ1v) is 8.35. The maximum Gasteiger partial charge on any atom is 0.439 e. The van der Waals surface area contributed by atoms with Gasteiger partial charge in [-0.25, -0.2) is 4.98 Å². The van der Waals surface area contributed by atoms with Crippen molar-refractivity contribution in [1.29, 1.82) is 0 Å². The Hall–Kier alpha value is -2.89. The molecule has 0 bridgehead atoms. The number of para-hydroxylation sites is 1. The number of halogens is 6. The van der Waals surface area contributed by atoms with E-state index in [-0.39, 0.29) is 5.52 Å². The summed E-state index contributed by atoms with van der Waals surface area (Å²) >= 11 is 0.593. The maximum absolute atomic E-state index is 13.7. The minimum Gasteiger partial charge on any atom is -0.324 e. The number of carbonyl (C=O) groups excluding carboxylic acids is 1. The van der Waals surface area contributed by atoms with Crippen molar-refractivity contribution in [2.24, 2.45) is 0 Å². The van der Waals surface area contributed by atoms with Crippen LogP contribution < -0.4 is 10.6 Å². The van der Waals surface area contributed by atoms with Crippen molar-refractivity contribution in [1.82, 2.24) is 15.3 Å². The van der Waals surface area contributed by atoms with Gasteiger partial charge in [0.05, 0.1) is 15.8 Å². The van der Waals surface area contributed by atoms with Crippen LogP contribution in [-0.4, -0.2) is 33.9 Å². The Morgan fingerprint density at radius 2 is 1.64 bits per heavy atom. The molecule has 0 fully saturated rings. The number of carbonyl (C=O) groups is 1. The standard InChI is InChI=1S/C16H10F6N4OS/c17-15(18,19)14(16(20,21)22,25-12(27)9-4-3-7-23-8-9)26-13-24-10-5-1-2-6-11(10)28-13/h1-8H,(H,24,26)(H,25,27). The molecule has 12 heteroatoms. The SMILES string of the molecule is O=C(NC(Nc1nc2ccccc2s1)(C(F)(F)F)C(F)(F)F)c1cccnc1. The highest BCUT2D eigenvalue weighted by Crippen LogP contribution is 2.44. The highest BCUT2D eigenvalue weighted by molar-refractivity contribution is 7.22. The number of hydrogen-bond acceptors (Lipinski definition) is 5. The van der Waals surface area contributed by atoms with Crippen LogP contribution in [0, 0.1) is 0 Å². The van der Waals surface area contributed by atoms with Crippen LogP contribution in [0.3, 0.4) is 0 Å². The first kappa shape index (κ1) is 19.9. The summed E-state index contributed by atoms with van der Waals surface area (Å²) in [5.74, 6) is -1.60. The van der Waals surface area contributed by atoms with Crippen molar-refractivity contribution in [2.75, 3.05) is 5.32 Å². The number of fused-ring (bicyclic) bond motifs is 1. The van der Waals surface area contributed by atoms with Crippen LogP contribution in [0.25, 0.3) is 10.2 Å². The second kappa shape index (κ2) is 6.93. The van der Waals surface area contributed by atoms with Gasteiger partial charge in [0.1, 0.15) is 0 Å². The van der Waals surface area contributed by atoms with Crippen molar-refractivity contribution in [3.8, 4) is 0 Å². The normalized spacial score (nSPS) is 12.8. The van der Waals surface area contributed by atoms with Crippen molar-refractivity contribution in [2.45, 2.75) is 18.0 Å². The molecule has 0 aliphatic rings. The van der Waals surface area contributed by atoms with E-state index in [1.807, 2.05) is 0 Å². The lowest BCUT2D eigenvalue weighted by Gasteiger charge is -2.38. The molecule has 28 heavy (non-hydrogen) atoms. The molecule has 0 saturated heterocycles. The third-order valence-electron chi connectivity index (χ3n) is 3.66. The first-order chi connectivity index (χ1) is 13.0. The van der Waals surface area contributed by atoms with E-state index >= 15 is 0 Å². The summed E-state index contributed by atoms with van der Waals surface area (Å²) in [4.78, 5) is 19.4. The third-order valence-corrected chi connectivity index (χ3v) is 4.62. The molecule has 3 aromatic rings. The summed E-state index contributed by atoms with van der Waals surface area (Å²) in [6.45, 7) is 0. The molecular formula is C16H10F6N4OS. The smallest absolute Gasteiger partial charge is 0.324 e. The monoisotopic (exact) mass is 420 g/mol. The lowest BCUT2D eigenvalue weighted by molar-refractivity contribution is -0.294. The highest BCUT2D eigenvalue weighted by Gasteiger charge is 2.73. The number of aromatic nitrogens is 2. The first-order valence-electron chi connectivity index (χ1n) is 7.53. The van der Waals surface area contributed by atoms with Crippen LogP contribution in [0.5, 0.6) is 0 Å². The van der Waals surface area contributed by atoms with Crippen LogP contribution in [-0.2, 0) is 0 Å². The van der Waals surface area contributed by atoms with Gasteiger partial charge < -0.3 is 10.6 Å². The minimum absolute atomic E-state index is 0.215. The van der Waals surface area contributed by atoms with Gasteiger partial charge in [-0.05, 0) is 24.3 Å². The van der Waals surface area contributed by atoms with E-state index < -0.39 is 34.6 Å². The highest BCUT2D eigenvalue weighted by atomic mass is 32.1. The number of alkyl halides is 6. The molecule has 1 amide bonds. The van der Waals surface area contributed by atoms with Gasteiger partial charge in [-0.15, -0.1) is 0 Å². The fourth-order valence-electron chi connectivity index (χ4n) is 2.30. The van der Waals surface area contributed by atoms with Gasteiger partial charge >= 0.3 is 18.0 Å². The minimum atomic E-state index is -5.93. The van der Waals surface area contributed by atoms with Gasteiger partial charge in [0, 0.05) is 12.4 Å². The van der Waals surface area contributed by atoms with Crippen LogP contribution in [0.4, 0.5) is 31.5 Å². The number of rotatable bonds is 4. The van der Waals surface area contributed by atoms with Crippen LogP contribution in [0.1, 0.15) is 10.4 Å². The third kappa shape index (κ3) is 3.59. The van der Waals surface area contributed by atoms with E-state index in [1.54, 1.807) is 6.07 Å². The number of anilines is 1. The number of amides is 1. The molecule has 0 saturated carbocycles. The zero-order valence-electron chi connectivity index (χ0n) is 13.6. The van der Waals surface area contributed by atoms with Crippen LogP contribution in [0.15, 0.2) is 48.8 Å². The molecule has 0 spiro atoms. The molecule has 5 nitrogen and oxygen atoms in total. The van der Waals surface area contributed by atoms with Crippen molar-refractivity contribution >= 4 is 32.6 Å². The number of nitrogens with one attached hydrogen (secondary N) is 2. The second-order valence-corrected chi connectivity index (χ2v) is 6.58. The van der Waals surface area contributed by atoms with E-state index in [9.17, 15) is 31.1 Å². The van der Waals surface area contributed by atoms with Gasteiger partial charge in [0.25, 0.3) is 5.91 Å². The Morgan fingerprint density at radius 3 is 2.21 bits per heavy atom. The molecule has 0 aliphatic carbocycles. The molecule has 2 aromatic heterocycles. The Balaban J connectivity index is 2.06. The molecule has 1 aromatic carbocycles. The Labute approximate surface area is 157 Å². The van der Waals surface area contributed by atoms with Gasteiger partial charge in [-0.2, -0.15) is 26.3 Å². The lowest BCUT2D eigenvalue weighted by atomic mass is 10.1. The maximum atomic E-state index is 13.7. The summed E-state index contributed by atoms with van der Waals surface area (Å²) in [6.07, 6.45) is -9.79. The summed E-state index contributed by atoms with van der Waals surface area (Å²) in [6, 6.07) is 8.28. The molecule has 3 rings (SSSR count). The Kier molecular flexibility index (Phi) is 4.91. The van der Waals surface area contributed by atoms with Crippen molar-refractivity contribution in [3.05, 3.63) is 54.4 Å². The fourth-order valence-corrected chi connectivity index (χ4v) is 3.22. The number of pyridine rings is 1. The zero-order chi connectivity index (χ0) is 20.6. The van der Waals surface area contributed by atoms with Crippen molar-refractivity contribution < 1.29 is 31.1 Å². The molecule has 0 atom stereocenters. The molecule has 148 valence electrons. The average Bonchev–Trinajstić information content (AvgIpc) is 3.02. The number of benzene rings is 1. The van der Waals surface area contributed by atoms with E-state index in [0.29, 0.717) is 16.0 Å². The summed E-state index contributed by atoms with van der Waals surface area (Å²) < 4.78 is 82.3. The van der Waals surface area contributed by atoms with Crippen LogP contribution in [0.2, 0.25) is 0 Å². The largest absolute Gasteiger partial charge is 0.439 e. The van der Waals surface area contributed by atoms with Crippen LogP contribution >= 0.6 is 11.3 Å². The molecule has 0 radical (unpaired) electrons. The molecule has 0 aliphatic heterocycles. The Morgan fingerprint density at radius 1 is 0.964 bits per heavy atom. The number of hydrogen-bond donors (Lipinski definition) is 2. The quantitative estimate of drug-likeness (QED) is 0.487. The molecule has 0 unspecified atom stereocenters. The van der Waals surface area contributed by atoms with Gasteiger partial charge in [0.15, 0.2) is 5.13 Å². The van der Waals surface area contributed by atoms with Gasteiger partial charge in [0.2, 0.25) is 0 Å². The number of thiazole rings is 1. The number of nitrogens with zero attached hydrogens (tertiary/aromatic N) is 2. The zero-order valence-corrected chi connectivity index (χ0v) is 14.4. The average molecular weight is 420 g/mol. The Bertz CT molecular complexity index is 939. The molecular weight excluding hydrogens is 410 g/mol.